The summed E-state index contributed by atoms with van der Waals surface area (Å²) in [5.74, 6) is 1.04. The molecule has 0 saturated carbocycles. The van der Waals surface area contributed by atoms with Gasteiger partial charge in [-0.05, 0) is 6.07 Å². The van der Waals surface area contributed by atoms with E-state index in [1.807, 2.05) is 17.0 Å². The number of carbonyl (C=O) groups excluding carboxylic acids is 2. The number of amides is 2. The molecule has 1 aromatic carbocycles. The quantitative estimate of drug-likeness (QED) is 0.666. The minimum atomic E-state index is -0.552. The van der Waals surface area contributed by atoms with E-state index >= 15 is 0 Å². The molecule has 1 saturated heterocycles. The lowest BCUT2D eigenvalue weighted by Gasteiger charge is -2.35. The van der Waals surface area contributed by atoms with E-state index in [9.17, 15) is 9.59 Å². The van der Waals surface area contributed by atoms with E-state index in [1.54, 1.807) is 27.3 Å². The highest BCUT2D eigenvalue weighted by atomic mass is 16.5. The van der Waals surface area contributed by atoms with Crippen molar-refractivity contribution in [2.24, 2.45) is 0 Å². The monoisotopic (exact) mass is 365 g/mol. The number of rotatable bonds is 8. The standard InChI is InChI=1S/C18H27N3O5/c1-20(8-9-22)17(23)11-15-18(24)19-6-7-21(15)12-13-4-5-14(25-2)10-16(13)26-3/h4-5,10,15,22H,6-9,11-12H2,1-3H3,(H,19,24). The van der Waals surface area contributed by atoms with E-state index in [-0.39, 0.29) is 31.4 Å². The van der Waals surface area contributed by atoms with Gasteiger partial charge < -0.3 is 24.8 Å². The third-order valence-corrected chi connectivity index (χ3v) is 4.54. The number of hydrogen-bond donors (Lipinski definition) is 2. The van der Waals surface area contributed by atoms with E-state index in [1.165, 1.54) is 4.90 Å². The SMILES string of the molecule is COc1ccc(CN2CCNC(=O)C2CC(=O)N(C)CCO)c(OC)c1. The zero-order valence-electron chi connectivity index (χ0n) is 15.5. The molecular weight excluding hydrogens is 338 g/mol. The van der Waals surface area contributed by atoms with Crippen LogP contribution in [0.1, 0.15) is 12.0 Å². The van der Waals surface area contributed by atoms with Gasteiger partial charge in [0, 0.05) is 44.9 Å². The molecule has 1 atom stereocenters. The third-order valence-electron chi connectivity index (χ3n) is 4.54. The van der Waals surface area contributed by atoms with Gasteiger partial charge in [-0.2, -0.15) is 0 Å². The number of hydrogen-bond acceptors (Lipinski definition) is 6. The fourth-order valence-corrected chi connectivity index (χ4v) is 2.97. The fourth-order valence-electron chi connectivity index (χ4n) is 2.97. The average Bonchev–Trinajstić information content (AvgIpc) is 2.64. The van der Waals surface area contributed by atoms with E-state index in [2.05, 4.69) is 5.32 Å². The van der Waals surface area contributed by atoms with Gasteiger partial charge in [-0.1, -0.05) is 6.07 Å². The second-order valence-corrected chi connectivity index (χ2v) is 6.20. The predicted molar refractivity (Wildman–Crippen MR) is 96.1 cm³/mol. The molecule has 144 valence electrons. The zero-order chi connectivity index (χ0) is 19.1. The summed E-state index contributed by atoms with van der Waals surface area (Å²) in [6.45, 7) is 1.81. The Morgan fingerprint density at radius 1 is 1.38 bits per heavy atom. The number of piperazine rings is 1. The molecule has 0 radical (unpaired) electrons. The number of nitrogens with zero attached hydrogens (tertiary/aromatic N) is 2. The number of nitrogens with one attached hydrogen (secondary N) is 1. The largest absolute Gasteiger partial charge is 0.497 e. The van der Waals surface area contributed by atoms with Crippen LogP contribution in [-0.2, 0) is 16.1 Å². The van der Waals surface area contributed by atoms with Crippen LogP contribution in [0.25, 0.3) is 0 Å². The Kier molecular flexibility index (Phi) is 7.23. The van der Waals surface area contributed by atoms with Crippen LogP contribution < -0.4 is 14.8 Å². The van der Waals surface area contributed by atoms with Crippen molar-refractivity contribution in [3.05, 3.63) is 23.8 Å². The molecule has 1 aromatic rings. The van der Waals surface area contributed by atoms with Gasteiger partial charge in [0.05, 0.1) is 33.3 Å². The topological polar surface area (TPSA) is 91.3 Å². The minimum Gasteiger partial charge on any atom is -0.497 e. The highest BCUT2D eigenvalue weighted by Crippen LogP contribution is 2.27. The molecule has 8 heteroatoms. The maximum atomic E-state index is 12.3. The van der Waals surface area contributed by atoms with Gasteiger partial charge in [-0.3, -0.25) is 14.5 Å². The highest BCUT2D eigenvalue weighted by molar-refractivity contribution is 5.88. The van der Waals surface area contributed by atoms with Crippen LogP contribution in [0.2, 0.25) is 0 Å². The summed E-state index contributed by atoms with van der Waals surface area (Å²) < 4.78 is 10.6. The van der Waals surface area contributed by atoms with Crippen LogP contribution in [0, 0.1) is 0 Å². The second kappa shape index (κ2) is 9.40. The first-order valence-electron chi connectivity index (χ1n) is 8.57. The molecular formula is C18H27N3O5. The molecule has 2 N–H and O–H groups in total. The lowest BCUT2D eigenvalue weighted by atomic mass is 10.1. The molecule has 1 aliphatic rings. The van der Waals surface area contributed by atoms with Gasteiger partial charge in [0.25, 0.3) is 0 Å². The van der Waals surface area contributed by atoms with Crippen LogP contribution in [0.3, 0.4) is 0 Å². The Bertz CT molecular complexity index is 637. The smallest absolute Gasteiger partial charge is 0.237 e. The van der Waals surface area contributed by atoms with Crippen molar-refractivity contribution in [3.8, 4) is 11.5 Å². The van der Waals surface area contributed by atoms with Crippen molar-refractivity contribution in [3.63, 3.8) is 0 Å². The van der Waals surface area contributed by atoms with Gasteiger partial charge in [0.1, 0.15) is 11.5 Å². The molecule has 2 amide bonds. The molecule has 0 aliphatic carbocycles. The number of ether oxygens (including phenoxy) is 2. The molecule has 0 spiro atoms. The van der Waals surface area contributed by atoms with Gasteiger partial charge in [0.2, 0.25) is 11.8 Å². The molecule has 0 aromatic heterocycles. The van der Waals surface area contributed by atoms with Crippen molar-refractivity contribution >= 4 is 11.8 Å². The van der Waals surface area contributed by atoms with Crippen LogP contribution in [0.5, 0.6) is 11.5 Å². The lowest BCUT2D eigenvalue weighted by Crippen LogP contribution is -2.56. The second-order valence-electron chi connectivity index (χ2n) is 6.20. The van der Waals surface area contributed by atoms with E-state index in [0.717, 1.165) is 5.56 Å². The molecule has 1 fully saturated rings. The van der Waals surface area contributed by atoms with Crippen LogP contribution in [0.15, 0.2) is 18.2 Å². The van der Waals surface area contributed by atoms with Crippen molar-refractivity contribution in [1.29, 1.82) is 0 Å². The fraction of sp³-hybridized carbons (Fsp3) is 0.556. The Morgan fingerprint density at radius 2 is 2.15 bits per heavy atom. The predicted octanol–water partition coefficient (Wildman–Crippen LogP) is -0.155. The van der Waals surface area contributed by atoms with Crippen LogP contribution in [-0.4, -0.2) is 80.3 Å². The normalized spacial score (nSPS) is 17.5. The molecule has 1 unspecified atom stereocenters. The zero-order valence-corrected chi connectivity index (χ0v) is 15.5. The van der Waals surface area contributed by atoms with Crippen molar-refractivity contribution < 1.29 is 24.2 Å². The number of benzene rings is 1. The summed E-state index contributed by atoms with van der Waals surface area (Å²) in [5, 5.41) is 11.8. The summed E-state index contributed by atoms with van der Waals surface area (Å²) in [7, 11) is 4.80. The van der Waals surface area contributed by atoms with Gasteiger partial charge in [-0.15, -0.1) is 0 Å². The minimum absolute atomic E-state index is 0.0702. The molecule has 1 aliphatic heterocycles. The number of aliphatic hydroxyl groups is 1. The summed E-state index contributed by atoms with van der Waals surface area (Å²) in [6, 6.07) is 5.00. The van der Waals surface area contributed by atoms with E-state index in [0.29, 0.717) is 31.1 Å². The van der Waals surface area contributed by atoms with Crippen LogP contribution in [0.4, 0.5) is 0 Å². The van der Waals surface area contributed by atoms with Gasteiger partial charge >= 0.3 is 0 Å². The molecule has 26 heavy (non-hydrogen) atoms. The Labute approximate surface area is 153 Å². The molecule has 1 heterocycles. The van der Waals surface area contributed by atoms with Gasteiger partial charge in [0.15, 0.2) is 0 Å². The molecule has 0 bridgehead atoms. The average molecular weight is 365 g/mol. The molecule has 8 nitrogen and oxygen atoms in total. The number of methoxy groups -OCH3 is 2. The third kappa shape index (κ3) is 4.86. The highest BCUT2D eigenvalue weighted by Gasteiger charge is 2.32. The Morgan fingerprint density at radius 3 is 2.81 bits per heavy atom. The summed E-state index contributed by atoms with van der Waals surface area (Å²) in [5.41, 5.74) is 0.921. The van der Waals surface area contributed by atoms with Crippen molar-refractivity contribution in [1.82, 2.24) is 15.1 Å². The first kappa shape index (κ1) is 20.0. The number of likely N-dealkylation sites (N-methyl/N-ethyl adjacent to an activating group) is 1. The van der Waals surface area contributed by atoms with E-state index in [4.69, 9.17) is 14.6 Å². The van der Waals surface area contributed by atoms with Crippen LogP contribution >= 0.6 is 0 Å². The van der Waals surface area contributed by atoms with Crippen molar-refractivity contribution in [2.75, 3.05) is 47.5 Å². The first-order valence-corrected chi connectivity index (χ1v) is 8.57. The number of carbonyl (C=O) groups is 2. The number of aliphatic hydroxyl groups excluding tert-OH is 1. The summed E-state index contributed by atoms with van der Waals surface area (Å²) in [4.78, 5) is 28.1. The Hall–Kier alpha value is -2.32. The maximum Gasteiger partial charge on any atom is 0.237 e. The summed E-state index contributed by atoms with van der Waals surface area (Å²) in [6.07, 6.45) is 0.0702. The van der Waals surface area contributed by atoms with Gasteiger partial charge in [-0.25, -0.2) is 0 Å². The molecule has 2 rings (SSSR count). The van der Waals surface area contributed by atoms with Crippen molar-refractivity contribution in [2.45, 2.75) is 19.0 Å². The van der Waals surface area contributed by atoms with E-state index < -0.39 is 6.04 Å². The Balaban J connectivity index is 2.15. The summed E-state index contributed by atoms with van der Waals surface area (Å²) >= 11 is 0. The maximum absolute atomic E-state index is 12.3. The lowest BCUT2D eigenvalue weighted by molar-refractivity contribution is -0.138. The first-order chi connectivity index (χ1) is 12.5.